The van der Waals surface area contributed by atoms with Crippen molar-refractivity contribution >= 4 is 0 Å². The number of aliphatic hydroxyl groups excluding tert-OH is 2. The smallest absolute Gasteiger partial charge is 0.111 e. The van der Waals surface area contributed by atoms with Crippen LogP contribution < -0.4 is 0 Å². The van der Waals surface area contributed by atoms with Crippen molar-refractivity contribution in [3.05, 3.63) is 18.2 Å². The Morgan fingerprint density at radius 1 is 1.32 bits per heavy atom. The van der Waals surface area contributed by atoms with E-state index in [4.69, 9.17) is 0 Å². The largest absolute Gasteiger partial charge is 0.390 e. The first-order chi connectivity index (χ1) is 9.22. The molecule has 4 heteroatoms. The monoisotopic (exact) mass is 266 g/mol. The molecule has 0 bridgehead atoms. The molecular formula is C15H26N2O2. The standard InChI is InChI=1S/C15H26N2O2/c1-2-9-17-10-8-16-14(17)11-13(18)15(19)12-6-4-3-5-7-12/h8,10,12-13,15,18-19H,2-7,9,11H2,1H3. The summed E-state index contributed by atoms with van der Waals surface area (Å²) < 4.78 is 2.07. The van der Waals surface area contributed by atoms with Crippen LogP contribution in [0.3, 0.4) is 0 Å². The summed E-state index contributed by atoms with van der Waals surface area (Å²) >= 11 is 0. The zero-order valence-electron chi connectivity index (χ0n) is 11.8. The fourth-order valence-electron chi connectivity index (χ4n) is 3.07. The zero-order chi connectivity index (χ0) is 13.7. The molecule has 2 N–H and O–H groups in total. The normalized spacial score (nSPS) is 20.4. The first kappa shape index (κ1) is 14.5. The Labute approximate surface area is 115 Å². The van der Waals surface area contributed by atoms with E-state index in [9.17, 15) is 10.2 Å². The minimum Gasteiger partial charge on any atom is -0.390 e. The molecule has 0 amide bonds. The Morgan fingerprint density at radius 2 is 2.05 bits per heavy atom. The van der Waals surface area contributed by atoms with Gasteiger partial charge in [-0.2, -0.15) is 0 Å². The molecule has 2 atom stereocenters. The Morgan fingerprint density at radius 3 is 2.74 bits per heavy atom. The van der Waals surface area contributed by atoms with Crippen LogP contribution in [0.25, 0.3) is 0 Å². The van der Waals surface area contributed by atoms with Gasteiger partial charge in [-0.3, -0.25) is 0 Å². The molecule has 108 valence electrons. The molecule has 0 aliphatic heterocycles. The molecule has 0 aromatic carbocycles. The molecule has 1 saturated carbocycles. The van der Waals surface area contributed by atoms with E-state index in [0.29, 0.717) is 6.42 Å². The second-order valence-corrected chi connectivity index (χ2v) is 5.70. The van der Waals surface area contributed by atoms with Gasteiger partial charge in [0, 0.05) is 25.4 Å². The summed E-state index contributed by atoms with van der Waals surface area (Å²) in [7, 11) is 0. The van der Waals surface area contributed by atoms with E-state index in [1.165, 1.54) is 19.3 Å². The summed E-state index contributed by atoms with van der Waals surface area (Å²) in [4.78, 5) is 4.29. The van der Waals surface area contributed by atoms with Crippen molar-refractivity contribution in [3.63, 3.8) is 0 Å². The molecule has 4 nitrogen and oxygen atoms in total. The topological polar surface area (TPSA) is 58.3 Å². The molecule has 0 radical (unpaired) electrons. The molecule has 0 saturated heterocycles. The van der Waals surface area contributed by atoms with E-state index in [1.54, 1.807) is 6.20 Å². The third kappa shape index (κ3) is 3.80. The van der Waals surface area contributed by atoms with Crippen molar-refractivity contribution in [3.8, 4) is 0 Å². The molecule has 1 aliphatic rings. The fourth-order valence-corrected chi connectivity index (χ4v) is 3.07. The van der Waals surface area contributed by atoms with Crippen LogP contribution in [0.5, 0.6) is 0 Å². The quantitative estimate of drug-likeness (QED) is 0.829. The molecule has 1 aromatic heterocycles. The SMILES string of the molecule is CCCn1ccnc1CC(O)C(O)C1CCCCC1. The number of aromatic nitrogens is 2. The van der Waals surface area contributed by atoms with Gasteiger partial charge in [-0.1, -0.05) is 26.2 Å². The van der Waals surface area contributed by atoms with Crippen LogP contribution in [0.4, 0.5) is 0 Å². The highest BCUT2D eigenvalue weighted by Gasteiger charge is 2.28. The number of aryl methyl sites for hydroxylation is 1. The van der Waals surface area contributed by atoms with E-state index >= 15 is 0 Å². The van der Waals surface area contributed by atoms with E-state index in [1.807, 2.05) is 6.20 Å². The molecule has 1 aliphatic carbocycles. The van der Waals surface area contributed by atoms with Crippen molar-refractivity contribution < 1.29 is 10.2 Å². The van der Waals surface area contributed by atoms with E-state index in [-0.39, 0.29) is 5.92 Å². The predicted molar refractivity (Wildman–Crippen MR) is 74.8 cm³/mol. The van der Waals surface area contributed by atoms with Crippen LogP contribution in [-0.2, 0) is 13.0 Å². The summed E-state index contributed by atoms with van der Waals surface area (Å²) in [5, 5.41) is 20.5. The fraction of sp³-hybridized carbons (Fsp3) is 0.800. The average Bonchev–Trinajstić information content (AvgIpc) is 2.86. The minimum atomic E-state index is -0.693. The average molecular weight is 266 g/mol. The molecule has 1 fully saturated rings. The lowest BCUT2D eigenvalue weighted by Crippen LogP contribution is -2.36. The first-order valence-electron chi connectivity index (χ1n) is 7.58. The number of nitrogens with zero attached hydrogens (tertiary/aromatic N) is 2. The molecule has 2 unspecified atom stereocenters. The molecule has 1 heterocycles. The lowest BCUT2D eigenvalue weighted by molar-refractivity contribution is -0.0275. The highest BCUT2D eigenvalue weighted by molar-refractivity contribution is 4.96. The van der Waals surface area contributed by atoms with Crippen LogP contribution >= 0.6 is 0 Å². The minimum absolute atomic E-state index is 0.262. The van der Waals surface area contributed by atoms with Crippen molar-refractivity contribution in [2.75, 3.05) is 0 Å². The van der Waals surface area contributed by atoms with Crippen molar-refractivity contribution in [1.82, 2.24) is 9.55 Å². The summed E-state index contributed by atoms with van der Waals surface area (Å²) in [5.41, 5.74) is 0. The highest BCUT2D eigenvalue weighted by atomic mass is 16.3. The number of hydrogen-bond donors (Lipinski definition) is 2. The Bertz CT molecular complexity index is 372. The molecular weight excluding hydrogens is 240 g/mol. The lowest BCUT2D eigenvalue weighted by atomic mass is 9.83. The summed E-state index contributed by atoms with van der Waals surface area (Å²) in [6.07, 6.45) is 9.62. The van der Waals surface area contributed by atoms with Crippen molar-refractivity contribution in [2.24, 2.45) is 5.92 Å². The predicted octanol–water partition coefficient (Wildman–Crippen LogP) is 2.14. The number of hydrogen-bond acceptors (Lipinski definition) is 3. The van der Waals surface area contributed by atoms with Crippen LogP contribution in [0.1, 0.15) is 51.3 Å². The molecule has 1 aromatic rings. The maximum Gasteiger partial charge on any atom is 0.111 e. The van der Waals surface area contributed by atoms with Gasteiger partial charge >= 0.3 is 0 Å². The lowest BCUT2D eigenvalue weighted by Gasteiger charge is -2.29. The summed E-state index contributed by atoms with van der Waals surface area (Å²) in [6.45, 7) is 3.04. The maximum absolute atomic E-state index is 10.3. The molecule has 2 rings (SSSR count). The second-order valence-electron chi connectivity index (χ2n) is 5.70. The van der Waals surface area contributed by atoms with Crippen LogP contribution in [0.15, 0.2) is 12.4 Å². The third-order valence-corrected chi connectivity index (χ3v) is 4.18. The third-order valence-electron chi connectivity index (χ3n) is 4.18. The second kappa shape index (κ2) is 7.06. The van der Waals surface area contributed by atoms with Gasteiger partial charge in [0.15, 0.2) is 0 Å². The number of aliphatic hydroxyl groups is 2. The number of imidazole rings is 1. The zero-order valence-corrected chi connectivity index (χ0v) is 11.8. The van der Waals surface area contributed by atoms with E-state index < -0.39 is 12.2 Å². The van der Waals surface area contributed by atoms with Gasteiger partial charge in [0.05, 0.1) is 12.2 Å². The van der Waals surface area contributed by atoms with Gasteiger partial charge in [-0.25, -0.2) is 4.98 Å². The van der Waals surface area contributed by atoms with Crippen molar-refractivity contribution in [2.45, 2.75) is 70.6 Å². The Balaban J connectivity index is 1.91. The van der Waals surface area contributed by atoms with Gasteiger partial charge in [0.1, 0.15) is 5.82 Å². The maximum atomic E-state index is 10.3. The van der Waals surface area contributed by atoms with Gasteiger partial charge in [-0.15, -0.1) is 0 Å². The van der Waals surface area contributed by atoms with E-state index in [0.717, 1.165) is 31.6 Å². The van der Waals surface area contributed by atoms with Gasteiger partial charge < -0.3 is 14.8 Å². The van der Waals surface area contributed by atoms with Gasteiger partial charge in [0.25, 0.3) is 0 Å². The Hall–Kier alpha value is -0.870. The number of rotatable bonds is 6. The van der Waals surface area contributed by atoms with Gasteiger partial charge in [0.2, 0.25) is 0 Å². The first-order valence-corrected chi connectivity index (χ1v) is 7.58. The van der Waals surface area contributed by atoms with Gasteiger partial charge in [-0.05, 0) is 25.2 Å². The van der Waals surface area contributed by atoms with E-state index in [2.05, 4.69) is 16.5 Å². The van der Waals surface area contributed by atoms with Crippen molar-refractivity contribution in [1.29, 1.82) is 0 Å². The van der Waals surface area contributed by atoms with Crippen LogP contribution in [0.2, 0.25) is 0 Å². The van der Waals surface area contributed by atoms with Crippen LogP contribution in [0, 0.1) is 5.92 Å². The summed E-state index contributed by atoms with van der Waals surface area (Å²) in [5.74, 6) is 1.14. The summed E-state index contributed by atoms with van der Waals surface area (Å²) in [6, 6.07) is 0. The Kier molecular flexibility index (Phi) is 5.40. The van der Waals surface area contributed by atoms with Crippen LogP contribution in [-0.4, -0.2) is 32.0 Å². The molecule has 0 spiro atoms. The highest BCUT2D eigenvalue weighted by Crippen LogP contribution is 2.28. The molecule has 19 heavy (non-hydrogen) atoms.